The lowest BCUT2D eigenvalue weighted by atomic mass is 9.93. The fraction of sp³-hybridized carbons (Fsp3) is 0.857. The lowest BCUT2D eigenvalue weighted by Gasteiger charge is -2.26. The molecule has 72 valence electrons. The lowest BCUT2D eigenvalue weighted by molar-refractivity contribution is 0.0263. The molecule has 1 aliphatic rings. The summed E-state index contributed by atoms with van der Waals surface area (Å²) in [4.78, 5) is 10.1. The van der Waals surface area contributed by atoms with Crippen molar-refractivity contribution in [1.82, 2.24) is 0 Å². The van der Waals surface area contributed by atoms with Crippen molar-refractivity contribution in [3.05, 3.63) is 0 Å². The predicted molar refractivity (Wildman–Crippen MR) is 46.6 cm³/mol. The van der Waals surface area contributed by atoms with Crippen molar-refractivity contribution in [3.63, 3.8) is 0 Å². The first kappa shape index (κ1) is 11.5. The van der Waals surface area contributed by atoms with Gasteiger partial charge in [-0.05, 0) is 19.3 Å². The SMILES string of the molecule is Cl.NC1CCCCC1OC(=O)O. The van der Waals surface area contributed by atoms with E-state index in [2.05, 4.69) is 4.74 Å². The lowest BCUT2D eigenvalue weighted by Crippen LogP contribution is -2.40. The first-order chi connectivity index (χ1) is 5.20. The zero-order valence-corrected chi connectivity index (χ0v) is 7.55. The minimum Gasteiger partial charge on any atom is -0.450 e. The second-order valence-corrected chi connectivity index (χ2v) is 2.87. The highest BCUT2D eigenvalue weighted by atomic mass is 35.5. The van der Waals surface area contributed by atoms with Crippen molar-refractivity contribution >= 4 is 18.6 Å². The molecule has 0 aromatic rings. The fourth-order valence-corrected chi connectivity index (χ4v) is 1.40. The van der Waals surface area contributed by atoms with Gasteiger partial charge < -0.3 is 15.6 Å². The van der Waals surface area contributed by atoms with Crippen LogP contribution in [0.25, 0.3) is 0 Å². The second-order valence-electron chi connectivity index (χ2n) is 2.87. The van der Waals surface area contributed by atoms with Crippen LogP contribution in [0.1, 0.15) is 25.7 Å². The van der Waals surface area contributed by atoms with Crippen LogP contribution in [-0.2, 0) is 4.74 Å². The monoisotopic (exact) mass is 195 g/mol. The topological polar surface area (TPSA) is 72.5 Å². The minimum absolute atomic E-state index is 0. The number of ether oxygens (including phenoxy) is 1. The second kappa shape index (κ2) is 5.22. The average Bonchev–Trinajstić information content (AvgIpc) is 1.93. The third-order valence-corrected chi connectivity index (χ3v) is 2.01. The van der Waals surface area contributed by atoms with Crippen LogP contribution < -0.4 is 5.73 Å². The maximum Gasteiger partial charge on any atom is 0.506 e. The van der Waals surface area contributed by atoms with E-state index in [9.17, 15) is 4.79 Å². The molecular weight excluding hydrogens is 182 g/mol. The normalized spacial score (nSPS) is 28.8. The first-order valence-corrected chi connectivity index (χ1v) is 3.85. The van der Waals surface area contributed by atoms with Crippen LogP contribution >= 0.6 is 12.4 Å². The molecule has 0 amide bonds. The molecule has 0 aliphatic heterocycles. The number of rotatable bonds is 1. The van der Waals surface area contributed by atoms with Gasteiger partial charge in [0.15, 0.2) is 0 Å². The fourth-order valence-electron chi connectivity index (χ4n) is 1.40. The van der Waals surface area contributed by atoms with Crippen molar-refractivity contribution in [2.75, 3.05) is 0 Å². The molecule has 1 saturated carbocycles. The van der Waals surface area contributed by atoms with Gasteiger partial charge in [-0.3, -0.25) is 0 Å². The van der Waals surface area contributed by atoms with Crippen LogP contribution in [0, 0.1) is 0 Å². The summed E-state index contributed by atoms with van der Waals surface area (Å²) >= 11 is 0. The Bertz CT molecular complexity index is 154. The van der Waals surface area contributed by atoms with E-state index in [1.165, 1.54) is 0 Å². The molecule has 0 bridgehead atoms. The van der Waals surface area contributed by atoms with E-state index in [1.807, 2.05) is 0 Å². The van der Waals surface area contributed by atoms with E-state index in [-0.39, 0.29) is 24.6 Å². The van der Waals surface area contributed by atoms with Gasteiger partial charge in [-0.15, -0.1) is 12.4 Å². The molecule has 5 heteroatoms. The molecule has 2 unspecified atom stereocenters. The minimum atomic E-state index is -1.22. The van der Waals surface area contributed by atoms with Crippen LogP contribution in [0.5, 0.6) is 0 Å². The molecule has 0 aromatic heterocycles. The largest absolute Gasteiger partial charge is 0.506 e. The quantitative estimate of drug-likeness (QED) is 0.620. The summed E-state index contributed by atoms with van der Waals surface area (Å²) in [7, 11) is 0. The van der Waals surface area contributed by atoms with Gasteiger partial charge in [-0.25, -0.2) is 4.79 Å². The van der Waals surface area contributed by atoms with Crippen molar-refractivity contribution in [2.24, 2.45) is 5.73 Å². The molecule has 1 fully saturated rings. The van der Waals surface area contributed by atoms with Crippen LogP contribution in [0.15, 0.2) is 0 Å². The maximum atomic E-state index is 10.1. The predicted octanol–water partition coefficient (Wildman–Crippen LogP) is 1.37. The summed E-state index contributed by atoms with van der Waals surface area (Å²) in [6.07, 6.45) is 2.26. The van der Waals surface area contributed by atoms with Crippen LogP contribution in [0.3, 0.4) is 0 Å². The highest BCUT2D eigenvalue weighted by Gasteiger charge is 2.24. The van der Waals surface area contributed by atoms with E-state index in [0.717, 1.165) is 25.7 Å². The molecule has 0 saturated heterocycles. The third-order valence-electron chi connectivity index (χ3n) is 2.01. The Hall–Kier alpha value is -0.480. The smallest absolute Gasteiger partial charge is 0.450 e. The number of carboxylic acid groups (broad SMARTS) is 1. The zero-order chi connectivity index (χ0) is 8.27. The Balaban J connectivity index is 0.00000121. The van der Waals surface area contributed by atoms with Gasteiger partial charge in [-0.1, -0.05) is 6.42 Å². The maximum absolute atomic E-state index is 10.1. The van der Waals surface area contributed by atoms with E-state index in [4.69, 9.17) is 10.8 Å². The van der Waals surface area contributed by atoms with Crippen molar-refractivity contribution in [3.8, 4) is 0 Å². The molecule has 0 aromatic carbocycles. The third kappa shape index (κ3) is 3.28. The van der Waals surface area contributed by atoms with Gasteiger partial charge in [0.05, 0.1) is 0 Å². The summed E-state index contributed by atoms with van der Waals surface area (Å²) in [5.41, 5.74) is 5.64. The number of hydrogen-bond acceptors (Lipinski definition) is 3. The zero-order valence-electron chi connectivity index (χ0n) is 6.73. The Kier molecular flexibility index (Phi) is 5.01. The molecule has 3 N–H and O–H groups in total. The summed E-state index contributed by atoms with van der Waals surface area (Å²) in [6, 6.07) is -0.0974. The number of nitrogens with two attached hydrogens (primary N) is 1. The van der Waals surface area contributed by atoms with Gasteiger partial charge in [-0.2, -0.15) is 0 Å². The Morgan fingerprint density at radius 2 is 2.00 bits per heavy atom. The summed E-state index contributed by atoms with van der Waals surface area (Å²) in [5.74, 6) is 0. The molecule has 12 heavy (non-hydrogen) atoms. The van der Waals surface area contributed by atoms with E-state index in [0.29, 0.717) is 0 Å². The molecule has 0 spiro atoms. The average molecular weight is 196 g/mol. The van der Waals surface area contributed by atoms with E-state index < -0.39 is 6.16 Å². The Morgan fingerprint density at radius 1 is 1.42 bits per heavy atom. The molecule has 1 rings (SSSR count). The first-order valence-electron chi connectivity index (χ1n) is 3.85. The highest BCUT2D eigenvalue weighted by molar-refractivity contribution is 5.85. The Labute approximate surface area is 77.5 Å². The van der Waals surface area contributed by atoms with Gasteiger partial charge in [0, 0.05) is 6.04 Å². The summed E-state index contributed by atoms with van der Waals surface area (Å²) in [5, 5.41) is 8.31. The molecule has 0 heterocycles. The van der Waals surface area contributed by atoms with Gasteiger partial charge in [0.1, 0.15) is 6.10 Å². The van der Waals surface area contributed by atoms with Gasteiger partial charge in [0.2, 0.25) is 0 Å². The van der Waals surface area contributed by atoms with Crippen LogP contribution in [0.4, 0.5) is 4.79 Å². The number of hydrogen-bond donors (Lipinski definition) is 2. The molecule has 0 radical (unpaired) electrons. The van der Waals surface area contributed by atoms with Gasteiger partial charge in [0.25, 0.3) is 0 Å². The van der Waals surface area contributed by atoms with Crippen LogP contribution in [-0.4, -0.2) is 23.4 Å². The summed E-state index contributed by atoms with van der Waals surface area (Å²) < 4.78 is 4.60. The van der Waals surface area contributed by atoms with E-state index in [1.54, 1.807) is 0 Å². The van der Waals surface area contributed by atoms with Crippen LogP contribution in [0.2, 0.25) is 0 Å². The standard InChI is InChI=1S/C7H13NO3.ClH/c8-5-3-1-2-4-6(5)11-7(9)10;/h5-6H,1-4,8H2,(H,9,10);1H. The van der Waals surface area contributed by atoms with E-state index >= 15 is 0 Å². The highest BCUT2D eigenvalue weighted by Crippen LogP contribution is 2.19. The van der Waals surface area contributed by atoms with Crippen molar-refractivity contribution < 1.29 is 14.6 Å². The molecular formula is C7H14ClNO3. The van der Waals surface area contributed by atoms with Crippen molar-refractivity contribution in [2.45, 2.75) is 37.8 Å². The molecule has 2 atom stereocenters. The number of carbonyl (C=O) groups is 1. The molecule has 1 aliphatic carbocycles. The summed E-state index contributed by atoms with van der Waals surface area (Å²) in [6.45, 7) is 0. The Morgan fingerprint density at radius 3 is 2.50 bits per heavy atom. The van der Waals surface area contributed by atoms with Crippen molar-refractivity contribution in [1.29, 1.82) is 0 Å². The number of halogens is 1. The molecule has 4 nitrogen and oxygen atoms in total. The van der Waals surface area contributed by atoms with Gasteiger partial charge >= 0.3 is 6.16 Å².